The first kappa shape index (κ1) is 16.7. The number of Topliss-reactive ketones (excluding diaryl/α,β-unsaturated/α-hetero) is 1. The number of aliphatic hydroxyl groups is 1. The van der Waals surface area contributed by atoms with Crippen LogP contribution in [0.2, 0.25) is 0 Å². The number of hydrogen-bond donors (Lipinski definition) is 1. The molecule has 17 heavy (non-hydrogen) atoms. The molecule has 0 spiro atoms. The van der Waals surface area contributed by atoms with Gasteiger partial charge in [0.15, 0.2) is 5.78 Å². The summed E-state index contributed by atoms with van der Waals surface area (Å²) >= 11 is 0. The summed E-state index contributed by atoms with van der Waals surface area (Å²) in [5, 5.41) is 9.45. The molecule has 2 N–H and O–H groups in total. The second-order valence-electron chi connectivity index (χ2n) is 4.13. The summed E-state index contributed by atoms with van der Waals surface area (Å²) < 4.78 is 0. The van der Waals surface area contributed by atoms with Gasteiger partial charge >= 0.3 is 0 Å². The third kappa shape index (κ3) is 5.68. The van der Waals surface area contributed by atoms with Gasteiger partial charge in [-0.3, -0.25) is 4.79 Å². The number of rotatable bonds is 1. The van der Waals surface area contributed by atoms with E-state index in [0.29, 0.717) is 11.1 Å². The monoisotopic (exact) mass is 443 g/mol. The molecule has 87 valence electrons. The van der Waals surface area contributed by atoms with Crippen LogP contribution in [0.3, 0.4) is 0 Å². The Labute approximate surface area is 137 Å². The smallest absolute Gasteiger partial charge is 0.159 e. The van der Waals surface area contributed by atoms with Crippen molar-refractivity contribution in [1.82, 2.24) is 0 Å². The Morgan fingerprint density at radius 2 is 2.00 bits per heavy atom. The first-order valence-electron chi connectivity index (χ1n) is 4.92. The van der Waals surface area contributed by atoms with Crippen LogP contribution in [0.5, 0.6) is 0 Å². The van der Waals surface area contributed by atoms with Crippen LogP contribution >= 0.6 is 0 Å². The molecule has 0 heterocycles. The van der Waals surface area contributed by atoms with Gasteiger partial charge in [0.25, 0.3) is 0 Å². The summed E-state index contributed by atoms with van der Waals surface area (Å²) in [5.74, 6) is 5.26. The average Bonchev–Trinajstić information content (AvgIpc) is 2.14. The van der Waals surface area contributed by atoms with Crippen molar-refractivity contribution in [1.29, 1.82) is 0 Å². The number of carbonyl (C=O) groups excluding carboxylic acids is 1. The molecule has 0 unspecified atom stereocenters. The summed E-state index contributed by atoms with van der Waals surface area (Å²) in [6.07, 6.45) is 0. The van der Waals surface area contributed by atoms with E-state index < -0.39 is 5.60 Å². The maximum atomic E-state index is 11.2. The van der Waals surface area contributed by atoms with Crippen LogP contribution in [0.25, 0.3) is 5.73 Å². The third-order valence-corrected chi connectivity index (χ3v) is 1.93. The molecule has 4 heteroatoms. The minimum absolute atomic E-state index is 0. The molecule has 0 aromatic heterocycles. The first-order chi connectivity index (χ1) is 7.29. The molecular weight excluding hydrogens is 429 g/mol. The van der Waals surface area contributed by atoms with Gasteiger partial charge in [0.2, 0.25) is 0 Å². The van der Waals surface area contributed by atoms with Crippen molar-refractivity contribution in [2.75, 3.05) is 0 Å². The normalized spacial score (nSPS) is 9.88. The van der Waals surface area contributed by atoms with Gasteiger partial charge in [0.1, 0.15) is 5.60 Å². The van der Waals surface area contributed by atoms with Gasteiger partial charge in [-0.2, -0.15) is 0 Å². The van der Waals surface area contributed by atoms with E-state index in [-0.39, 0.29) is 55.5 Å². The number of benzene rings is 1. The van der Waals surface area contributed by atoms with E-state index in [1.54, 1.807) is 26.0 Å². The first-order valence-corrected chi connectivity index (χ1v) is 4.92. The summed E-state index contributed by atoms with van der Waals surface area (Å²) in [4.78, 5) is 11.2. The molecule has 0 saturated heterocycles. The summed E-state index contributed by atoms with van der Waals surface area (Å²) in [7, 11) is 0. The van der Waals surface area contributed by atoms with Crippen LogP contribution in [0, 0.1) is 55.9 Å². The second-order valence-corrected chi connectivity index (χ2v) is 4.13. The van der Waals surface area contributed by atoms with Crippen LogP contribution < -0.4 is 0 Å². The molecule has 0 bridgehead atoms. The Bertz CT molecular complexity index is 478. The molecule has 0 aliphatic heterocycles. The van der Waals surface area contributed by atoms with Crippen LogP contribution in [-0.4, -0.2) is 16.5 Å². The minimum Gasteiger partial charge on any atom is -0.698 e. The fourth-order valence-corrected chi connectivity index (χ4v) is 1.09. The van der Waals surface area contributed by atoms with Crippen LogP contribution in [0.4, 0.5) is 5.69 Å². The van der Waals surface area contributed by atoms with E-state index in [1.165, 1.54) is 13.0 Å². The summed E-state index contributed by atoms with van der Waals surface area (Å²) in [5.41, 5.74) is 7.75. The van der Waals surface area contributed by atoms with E-state index in [1.807, 2.05) is 0 Å². The summed E-state index contributed by atoms with van der Waals surface area (Å²) in [6, 6.07) is 4.70. The summed E-state index contributed by atoms with van der Waals surface area (Å²) in [6.45, 7) is 4.60. The van der Waals surface area contributed by atoms with Gasteiger partial charge in [0.05, 0.1) is 0 Å². The molecule has 1 aromatic rings. The van der Waals surface area contributed by atoms with Crippen molar-refractivity contribution in [3.05, 3.63) is 35.1 Å². The molecule has 1 aromatic carbocycles. The average molecular weight is 443 g/mol. The van der Waals surface area contributed by atoms with Crippen molar-refractivity contribution in [3.63, 3.8) is 0 Å². The third-order valence-electron chi connectivity index (χ3n) is 1.93. The molecule has 0 fully saturated rings. The second kappa shape index (κ2) is 6.55. The Kier molecular flexibility index (Phi) is 6.41. The van der Waals surface area contributed by atoms with Crippen LogP contribution in [0.15, 0.2) is 18.2 Å². The molecule has 0 aliphatic rings. The molecular formula is C13H14AcNO2-. The Morgan fingerprint density at radius 1 is 1.41 bits per heavy atom. The molecule has 0 aliphatic carbocycles. The van der Waals surface area contributed by atoms with Gasteiger partial charge in [-0.1, -0.05) is 24.0 Å². The van der Waals surface area contributed by atoms with Gasteiger partial charge in [-0.05, 0) is 26.8 Å². The van der Waals surface area contributed by atoms with Crippen molar-refractivity contribution < 1.29 is 54.0 Å². The largest absolute Gasteiger partial charge is 0.698 e. The Balaban J connectivity index is 0.00000256. The zero-order valence-corrected chi connectivity index (χ0v) is 14.9. The van der Waals surface area contributed by atoms with Crippen molar-refractivity contribution in [2.24, 2.45) is 0 Å². The maximum Gasteiger partial charge on any atom is 0.159 e. The minimum atomic E-state index is -1.10. The zero-order valence-electron chi connectivity index (χ0n) is 10.2. The quantitative estimate of drug-likeness (QED) is 0.536. The molecule has 0 atom stereocenters. The van der Waals surface area contributed by atoms with Gasteiger partial charge in [-0.15, -0.1) is 5.69 Å². The number of ketones is 1. The van der Waals surface area contributed by atoms with E-state index in [0.717, 1.165) is 0 Å². The Morgan fingerprint density at radius 3 is 2.47 bits per heavy atom. The molecule has 1 radical (unpaired) electrons. The molecule has 1 rings (SSSR count). The molecule has 0 saturated carbocycles. The standard InChI is InChI=1S/C13H15NO2.Ac/c1-9(15)10-4-5-12(14)11(8-10)6-7-13(2,3)16;/h4-5,8,16H,1-3H3,(H2,14,15);/p-1. The predicted octanol–water partition coefficient (Wildman–Crippen LogP) is 2.70. The topological polar surface area (TPSA) is 61.1 Å². The fourth-order valence-electron chi connectivity index (χ4n) is 1.09. The zero-order chi connectivity index (χ0) is 12.3. The van der Waals surface area contributed by atoms with E-state index in [9.17, 15) is 9.90 Å². The van der Waals surface area contributed by atoms with Crippen LogP contribution in [-0.2, 0) is 0 Å². The van der Waals surface area contributed by atoms with Crippen molar-refractivity contribution in [2.45, 2.75) is 26.4 Å². The number of hydrogen-bond acceptors (Lipinski definition) is 2. The van der Waals surface area contributed by atoms with Crippen molar-refractivity contribution >= 4 is 11.5 Å². The van der Waals surface area contributed by atoms with Crippen molar-refractivity contribution in [3.8, 4) is 11.8 Å². The molecule has 0 amide bonds. The predicted molar refractivity (Wildman–Crippen MR) is 63.6 cm³/mol. The molecule has 3 nitrogen and oxygen atoms in total. The van der Waals surface area contributed by atoms with E-state index >= 15 is 0 Å². The maximum absolute atomic E-state index is 11.2. The number of carbonyl (C=O) groups is 1. The van der Waals surface area contributed by atoms with Crippen LogP contribution in [0.1, 0.15) is 36.7 Å². The van der Waals surface area contributed by atoms with Gasteiger partial charge < -0.3 is 10.8 Å². The SMILES string of the molecule is CC(=O)c1ccc([NH-])c(C#CC(C)(C)O)c1.[Ac]. The fraction of sp³-hybridized carbons (Fsp3) is 0.308. The van der Waals surface area contributed by atoms with E-state index in [4.69, 9.17) is 5.73 Å². The Hall–Kier alpha value is -0.348. The van der Waals surface area contributed by atoms with E-state index in [2.05, 4.69) is 11.8 Å². The number of nitrogens with one attached hydrogen (secondary N) is 1. The van der Waals surface area contributed by atoms with Gasteiger partial charge in [-0.25, -0.2) is 0 Å². The van der Waals surface area contributed by atoms with Gasteiger partial charge in [0, 0.05) is 55.2 Å².